The van der Waals surface area contributed by atoms with Crippen molar-refractivity contribution in [1.29, 1.82) is 0 Å². The zero-order chi connectivity index (χ0) is 20.7. The summed E-state index contributed by atoms with van der Waals surface area (Å²) >= 11 is 3.50. The molecule has 1 aromatic carbocycles. The molecule has 1 saturated carbocycles. The monoisotopic (exact) mass is 467 g/mol. The zero-order valence-corrected chi connectivity index (χ0v) is 18.9. The highest BCUT2D eigenvalue weighted by Gasteiger charge is 2.38. The first kappa shape index (κ1) is 19.5. The van der Waals surface area contributed by atoms with Crippen LogP contribution in [0.3, 0.4) is 0 Å². The van der Waals surface area contributed by atoms with Gasteiger partial charge in [0.2, 0.25) is 5.95 Å². The SMILES string of the molecule is CCC1c2nncn2-c2cnc(N[C@@H](C)c3ccc(Br)cc3)nc2N1C1CCCC1. The molecule has 0 saturated heterocycles. The minimum atomic E-state index is 0.104. The van der Waals surface area contributed by atoms with E-state index in [-0.39, 0.29) is 12.1 Å². The fourth-order valence-corrected chi connectivity index (χ4v) is 5.01. The lowest BCUT2D eigenvalue weighted by molar-refractivity contribution is 0.469. The van der Waals surface area contributed by atoms with E-state index in [0.717, 1.165) is 28.2 Å². The molecule has 2 atom stereocenters. The Bertz CT molecular complexity index is 1030. The fourth-order valence-electron chi connectivity index (χ4n) is 4.74. The summed E-state index contributed by atoms with van der Waals surface area (Å²) in [4.78, 5) is 12.1. The zero-order valence-electron chi connectivity index (χ0n) is 17.3. The Hall–Kier alpha value is -2.48. The molecule has 1 N–H and O–H groups in total. The average Bonchev–Trinajstić information content (AvgIpc) is 3.45. The van der Waals surface area contributed by atoms with Crippen molar-refractivity contribution in [2.45, 2.75) is 64.1 Å². The van der Waals surface area contributed by atoms with Gasteiger partial charge in [0.05, 0.1) is 18.3 Å². The summed E-state index contributed by atoms with van der Waals surface area (Å²) in [5.74, 6) is 2.63. The number of halogens is 1. The Morgan fingerprint density at radius 2 is 1.97 bits per heavy atom. The van der Waals surface area contributed by atoms with E-state index in [1.165, 1.54) is 31.2 Å². The number of anilines is 2. The molecular weight excluding hydrogens is 442 g/mol. The third-order valence-electron chi connectivity index (χ3n) is 6.28. The maximum Gasteiger partial charge on any atom is 0.225 e. The van der Waals surface area contributed by atoms with Crippen molar-refractivity contribution >= 4 is 27.7 Å². The second-order valence-corrected chi connectivity index (χ2v) is 9.06. The van der Waals surface area contributed by atoms with Crippen LogP contribution in [0.25, 0.3) is 5.69 Å². The van der Waals surface area contributed by atoms with Crippen LogP contribution >= 0.6 is 15.9 Å². The van der Waals surface area contributed by atoms with Gasteiger partial charge in [0.1, 0.15) is 12.0 Å². The highest BCUT2D eigenvalue weighted by Crippen LogP contribution is 2.42. The van der Waals surface area contributed by atoms with Gasteiger partial charge in [-0.1, -0.05) is 47.8 Å². The molecular formula is C22H26BrN7. The number of nitrogens with one attached hydrogen (secondary N) is 1. The molecule has 3 aromatic rings. The maximum absolute atomic E-state index is 5.02. The Kier molecular flexibility index (Phi) is 5.18. The summed E-state index contributed by atoms with van der Waals surface area (Å²) in [7, 11) is 0. The summed E-state index contributed by atoms with van der Waals surface area (Å²) in [6.07, 6.45) is 9.60. The van der Waals surface area contributed by atoms with Crippen LogP contribution in [0.5, 0.6) is 0 Å². The molecule has 156 valence electrons. The number of fused-ring (bicyclic) bond motifs is 3. The standard InChI is InChI=1S/C22H26BrN7/c1-3-18-21-28-25-13-29(21)19-12-24-22(26-14(2)15-8-10-16(23)11-9-15)27-20(19)30(18)17-6-4-5-7-17/h8-14,17-18H,3-7H2,1-2H3,(H,24,26,27)/t14-,18?/m0/s1. The third-order valence-corrected chi connectivity index (χ3v) is 6.81. The lowest BCUT2D eigenvalue weighted by Gasteiger charge is -2.40. The first-order valence-corrected chi connectivity index (χ1v) is 11.5. The van der Waals surface area contributed by atoms with Gasteiger partial charge in [-0.2, -0.15) is 4.98 Å². The van der Waals surface area contributed by atoms with Gasteiger partial charge in [0, 0.05) is 10.5 Å². The molecule has 1 aliphatic carbocycles. The average molecular weight is 468 g/mol. The van der Waals surface area contributed by atoms with E-state index in [0.29, 0.717) is 12.0 Å². The van der Waals surface area contributed by atoms with Crippen LogP contribution in [0.1, 0.15) is 69.4 Å². The minimum Gasteiger partial charge on any atom is -0.348 e. The van der Waals surface area contributed by atoms with Crippen molar-refractivity contribution < 1.29 is 0 Å². The van der Waals surface area contributed by atoms with Crippen LogP contribution in [0.15, 0.2) is 41.3 Å². The number of hydrogen-bond donors (Lipinski definition) is 1. The van der Waals surface area contributed by atoms with Gasteiger partial charge in [0.25, 0.3) is 0 Å². The van der Waals surface area contributed by atoms with E-state index in [1.54, 1.807) is 6.33 Å². The molecule has 30 heavy (non-hydrogen) atoms. The topological polar surface area (TPSA) is 71.8 Å². The van der Waals surface area contributed by atoms with Crippen LogP contribution in [0.4, 0.5) is 11.8 Å². The van der Waals surface area contributed by atoms with Crippen molar-refractivity contribution in [2.75, 3.05) is 10.2 Å². The maximum atomic E-state index is 5.02. The van der Waals surface area contributed by atoms with Crippen molar-refractivity contribution in [3.63, 3.8) is 0 Å². The van der Waals surface area contributed by atoms with E-state index in [9.17, 15) is 0 Å². The molecule has 1 fully saturated rings. The number of nitrogens with zero attached hydrogens (tertiary/aromatic N) is 6. The van der Waals surface area contributed by atoms with Crippen LogP contribution < -0.4 is 10.2 Å². The molecule has 0 amide bonds. The van der Waals surface area contributed by atoms with Crippen molar-refractivity contribution in [1.82, 2.24) is 24.7 Å². The lowest BCUT2D eigenvalue weighted by atomic mass is 10.0. The van der Waals surface area contributed by atoms with Crippen LogP contribution in [0.2, 0.25) is 0 Å². The van der Waals surface area contributed by atoms with Crippen LogP contribution in [-0.2, 0) is 0 Å². The lowest BCUT2D eigenvalue weighted by Crippen LogP contribution is -2.42. The van der Waals surface area contributed by atoms with E-state index in [4.69, 9.17) is 4.98 Å². The first-order chi connectivity index (χ1) is 14.7. The predicted octanol–water partition coefficient (Wildman–Crippen LogP) is 5.21. The summed E-state index contributed by atoms with van der Waals surface area (Å²) in [6.45, 7) is 4.35. The van der Waals surface area contributed by atoms with Gasteiger partial charge in [0.15, 0.2) is 11.6 Å². The second kappa shape index (κ2) is 7.98. The van der Waals surface area contributed by atoms with Gasteiger partial charge in [-0.15, -0.1) is 10.2 Å². The highest BCUT2D eigenvalue weighted by atomic mass is 79.9. The van der Waals surface area contributed by atoms with Gasteiger partial charge in [-0.3, -0.25) is 4.57 Å². The van der Waals surface area contributed by atoms with Crippen molar-refractivity contribution in [3.8, 4) is 5.69 Å². The van der Waals surface area contributed by atoms with E-state index in [1.807, 2.05) is 6.20 Å². The molecule has 1 aliphatic heterocycles. The summed E-state index contributed by atoms with van der Waals surface area (Å²) < 4.78 is 3.13. The number of hydrogen-bond acceptors (Lipinski definition) is 6. The molecule has 3 heterocycles. The molecule has 0 radical (unpaired) electrons. The van der Waals surface area contributed by atoms with Gasteiger partial charge in [-0.05, 0) is 43.9 Å². The van der Waals surface area contributed by atoms with E-state index >= 15 is 0 Å². The molecule has 2 aliphatic rings. The predicted molar refractivity (Wildman–Crippen MR) is 121 cm³/mol. The number of aromatic nitrogens is 5. The summed E-state index contributed by atoms with van der Waals surface area (Å²) in [5.41, 5.74) is 2.16. The third kappa shape index (κ3) is 3.37. The number of benzene rings is 1. The first-order valence-electron chi connectivity index (χ1n) is 10.7. The molecule has 0 bridgehead atoms. The van der Waals surface area contributed by atoms with Gasteiger partial charge in [-0.25, -0.2) is 4.98 Å². The second-order valence-electron chi connectivity index (χ2n) is 8.15. The van der Waals surface area contributed by atoms with Gasteiger partial charge < -0.3 is 10.2 Å². The normalized spacial score (nSPS) is 19.4. The molecule has 5 rings (SSSR count). The Morgan fingerprint density at radius 1 is 1.20 bits per heavy atom. The smallest absolute Gasteiger partial charge is 0.225 e. The Labute approximate surface area is 185 Å². The Balaban J connectivity index is 1.52. The quantitative estimate of drug-likeness (QED) is 0.555. The molecule has 1 unspecified atom stereocenters. The molecule has 8 heteroatoms. The van der Waals surface area contributed by atoms with E-state index < -0.39 is 0 Å². The Morgan fingerprint density at radius 3 is 2.70 bits per heavy atom. The highest BCUT2D eigenvalue weighted by molar-refractivity contribution is 9.10. The fraction of sp³-hybridized carbons (Fsp3) is 0.455. The molecule has 2 aromatic heterocycles. The van der Waals surface area contributed by atoms with Crippen LogP contribution in [0, 0.1) is 0 Å². The van der Waals surface area contributed by atoms with Crippen LogP contribution in [-0.4, -0.2) is 30.8 Å². The van der Waals surface area contributed by atoms with E-state index in [2.05, 4.69) is 84.0 Å². The molecule has 7 nitrogen and oxygen atoms in total. The minimum absolute atomic E-state index is 0.104. The summed E-state index contributed by atoms with van der Waals surface area (Å²) in [5, 5.41) is 12.1. The van der Waals surface area contributed by atoms with Crippen molar-refractivity contribution in [2.24, 2.45) is 0 Å². The largest absolute Gasteiger partial charge is 0.348 e. The van der Waals surface area contributed by atoms with Crippen molar-refractivity contribution in [3.05, 3.63) is 52.7 Å². The molecule has 0 spiro atoms. The summed E-state index contributed by atoms with van der Waals surface area (Å²) in [6, 6.07) is 9.13. The number of rotatable bonds is 5. The van der Waals surface area contributed by atoms with Gasteiger partial charge >= 0.3 is 0 Å².